The Balaban J connectivity index is 1.51. The predicted molar refractivity (Wildman–Crippen MR) is 160 cm³/mol. The van der Waals surface area contributed by atoms with E-state index in [-0.39, 0.29) is 6.42 Å². The third-order valence-corrected chi connectivity index (χ3v) is 10.9. The molecule has 2 aromatic carbocycles. The van der Waals surface area contributed by atoms with E-state index in [0.29, 0.717) is 52.5 Å². The molecule has 2 aromatic heterocycles. The molecule has 4 N–H and O–H groups in total. The van der Waals surface area contributed by atoms with Gasteiger partial charge in [-0.25, -0.2) is 0 Å². The maximum Gasteiger partial charge on any atom is 0.303 e. The van der Waals surface area contributed by atoms with Crippen LogP contribution >= 0.6 is 31.0 Å². The number of unbranched alkanes of at least 4 members (excludes halogenated alkanes) is 1. The number of ether oxygens (including phenoxy) is 1. The molecule has 39 heavy (non-hydrogen) atoms. The van der Waals surface area contributed by atoms with Crippen LogP contribution in [0.15, 0.2) is 58.8 Å². The molecule has 2 heterocycles. The van der Waals surface area contributed by atoms with E-state index < -0.39 is 21.5 Å². The third-order valence-electron chi connectivity index (χ3n) is 6.04. The van der Waals surface area contributed by atoms with Crippen LogP contribution in [-0.2, 0) is 27.2 Å². The monoisotopic (exact) mass is 609 g/mol. The fourth-order valence-electron chi connectivity index (χ4n) is 4.18. The van der Waals surface area contributed by atoms with E-state index in [2.05, 4.69) is 18.1 Å². The molecule has 0 amide bonds. The Morgan fingerprint density at radius 2 is 1.97 bits per heavy atom. The van der Waals surface area contributed by atoms with Crippen LogP contribution in [0.1, 0.15) is 36.8 Å². The molecule has 0 aliphatic rings. The molecule has 4 aromatic rings. The quantitative estimate of drug-likeness (QED) is 0.0866. The number of aromatic nitrogens is 2. The minimum absolute atomic E-state index is 0.108. The summed E-state index contributed by atoms with van der Waals surface area (Å²) in [4.78, 5) is 10.6. The Morgan fingerprint density at radius 1 is 1.21 bits per heavy atom. The van der Waals surface area contributed by atoms with Crippen molar-refractivity contribution in [3.63, 3.8) is 0 Å². The number of aliphatic hydroxyl groups is 1. The number of halogens is 1. The van der Waals surface area contributed by atoms with Crippen LogP contribution in [0.3, 0.4) is 0 Å². The Hall–Kier alpha value is -2.66. The van der Waals surface area contributed by atoms with Gasteiger partial charge in [-0.15, -0.1) is 11.3 Å². The van der Waals surface area contributed by atoms with Gasteiger partial charge in [-0.3, -0.25) is 19.5 Å². The molecule has 0 aliphatic carbocycles. The fourth-order valence-corrected chi connectivity index (χ4v) is 7.78. The smallest absolute Gasteiger partial charge is 0.303 e. The van der Waals surface area contributed by atoms with E-state index in [4.69, 9.17) is 26.5 Å². The molecule has 0 aliphatic heterocycles. The van der Waals surface area contributed by atoms with Crippen LogP contribution in [0.5, 0.6) is 5.75 Å². The maximum atomic E-state index is 13.5. The van der Waals surface area contributed by atoms with Crippen molar-refractivity contribution in [2.75, 3.05) is 11.8 Å². The average molecular weight is 610 g/mol. The van der Waals surface area contributed by atoms with E-state index in [0.717, 1.165) is 22.0 Å². The summed E-state index contributed by atoms with van der Waals surface area (Å²) < 4.78 is 25.2. The molecule has 0 radical (unpaired) electrons. The molecule has 4 rings (SSSR count). The van der Waals surface area contributed by atoms with Crippen LogP contribution in [0, 0.1) is 0 Å². The van der Waals surface area contributed by atoms with E-state index in [1.54, 1.807) is 19.2 Å². The minimum Gasteiger partial charge on any atom is -0.496 e. The molecule has 0 fully saturated rings. The van der Waals surface area contributed by atoms with Crippen LogP contribution in [0.4, 0.5) is 5.82 Å². The maximum absolute atomic E-state index is 13.5. The third kappa shape index (κ3) is 7.72. The van der Waals surface area contributed by atoms with E-state index in [9.17, 15) is 14.1 Å². The summed E-state index contributed by atoms with van der Waals surface area (Å²) in [6.45, 7) is 0.923. The molecule has 0 spiro atoms. The van der Waals surface area contributed by atoms with Crippen molar-refractivity contribution in [1.82, 2.24) is 15.1 Å². The van der Waals surface area contributed by atoms with E-state index >= 15 is 0 Å². The Bertz CT molecular complexity index is 1560. The van der Waals surface area contributed by atoms with Gasteiger partial charge < -0.3 is 14.9 Å². The molecular formula is C26H31ClN4O5PS2+. The minimum atomic E-state index is -2.75. The van der Waals surface area contributed by atoms with Crippen LogP contribution in [-0.4, -0.2) is 43.5 Å². The highest BCUT2D eigenvalue weighted by Gasteiger charge is 2.22. The topological polar surface area (TPSA) is 126 Å². The number of methoxy groups -OCH3 is 1. The number of anilines is 1. The second kappa shape index (κ2) is 13.1. The number of benzene rings is 2. The van der Waals surface area contributed by atoms with Gasteiger partial charge in [0.2, 0.25) is 9.30 Å². The first-order chi connectivity index (χ1) is 18.7. The number of aliphatic carboxylic acids is 1. The molecule has 208 valence electrons. The second-order valence-corrected chi connectivity index (χ2v) is 14.8. The number of nitrogens with one attached hydrogen (secondary N) is 2. The highest BCUT2D eigenvalue weighted by molar-refractivity contribution is 8.22. The lowest BCUT2D eigenvalue weighted by Gasteiger charge is -2.13. The summed E-state index contributed by atoms with van der Waals surface area (Å²) in [5, 5.41) is 27.5. The van der Waals surface area contributed by atoms with Gasteiger partial charge in [-0.05, 0) is 54.7 Å². The number of rotatable bonds is 14. The SMILES string of the molecule is COc1cccc2c1c(NS(=O)(=[PH2+])c1ccc(Cl)s1)nn2Cc1cccc(CNC(O)CCCCC(=O)O)c1. The Labute approximate surface area is 238 Å². The Kier molecular flexibility index (Phi) is 9.87. The highest BCUT2D eigenvalue weighted by Crippen LogP contribution is 2.36. The molecule has 3 atom stereocenters. The van der Waals surface area contributed by atoms with Gasteiger partial charge in [-0.1, -0.05) is 41.9 Å². The van der Waals surface area contributed by atoms with Gasteiger partial charge in [0, 0.05) is 13.0 Å². The molecule has 9 nitrogen and oxygen atoms in total. The first-order valence-corrected chi connectivity index (χ1v) is 16.5. The summed E-state index contributed by atoms with van der Waals surface area (Å²) in [6.07, 6.45) is 1.06. The number of carboxylic acid groups (broad SMARTS) is 1. The van der Waals surface area contributed by atoms with Crippen molar-refractivity contribution in [3.05, 3.63) is 70.1 Å². The van der Waals surface area contributed by atoms with Gasteiger partial charge in [0.15, 0.2) is 5.82 Å². The zero-order chi connectivity index (χ0) is 28.0. The van der Waals surface area contributed by atoms with Crippen molar-refractivity contribution in [1.29, 1.82) is 0 Å². The number of fused-ring (bicyclic) bond motifs is 1. The number of thiophene rings is 1. The van der Waals surface area contributed by atoms with Gasteiger partial charge in [0.25, 0.3) is 0 Å². The van der Waals surface area contributed by atoms with Crippen molar-refractivity contribution >= 4 is 62.9 Å². The number of nitrogens with zero attached hydrogens (tertiary/aromatic N) is 2. The summed E-state index contributed by atoms with van der Waals surface area (Å²) in [5.74, 6) is 0.229. The van der Waals surface area contributed by atoms with Crippen LogP contribution in [0.2, 0.25) is 4.34 Å². The summed E-state index contributed by atoms with van der Waals surface area (Å²) >= 11 is 7.32. The lowest BCUT2D eigenvalue weighted by atomic mass is 10.1. The lowest BCUT2D eigenvalue weighted by Crippen LogP contribution is -2.28. The van der Waals surface area contributed by atoms with Gasteiger partial charge >= 0.3 is 5.97 Å². The van der Waals surface area contributed by atoms with E-state index in [1.165, 1.54) is 11.3 Å². The largest absolute Gasteiger partial charge is 0.496 e. The van der Waals surface area contributed by atoms with Gasteiger partial charge in [-0.2, -0.15) is 9.31 Å². The fraction of sp³-hybridized carbons (Fsp3) is 0.308. The zero-order valence-corrected chi connectivity index (χ0v) is 24.8. The molecule has 0 saturated carbocycles. The van der Waals surface area contributed by atoms with Crippen molar-refractivity contribution in [2.45, 2.75) is 49.2 Å². The standard InChI is InChI=1S/C26H30ClN4O5PS2/c1-36-20-9-5-8-19-25(20)26(30-39(35,37)24-13-12-21(27)38-24)29-31(19)16-18-7-4-6-17(14-18)15-28-22(32)10-2-3-11-23(33)34/h4-9,12-14,22,28,32,37H,2-3,10-11,15-16H2,1H3,(H,33,34)(H,29,30,35)/p+1. The molecule has 0 saturated heterocycles. The lowest BCUT2D eigenvalue weighted by molar-refractivity contribution is -0.137. The molecule has 0 bridgehead atoms. The summed E-state index contributed by atoms with van der Waals surface area (Å²) in [6, 6.07) is 17.1. The summed E-state index contributed by atoms with van der Waals surface area (Å²) in [7, 11) is 1.23. The number of hydrogen-bond donors (Lipinski definition) is 4. The first-order valence-electron chi connectivity index (χ1n) is 12.3. The average Bonchev–Trinajstić information content (AvgIpc) is 3.49. The number of carbonyl (C=O) groups is 1. The van der Waals surface area contributed by atoms with Gasteiger partial charge in [0.05, 0.1) is 28.9 Å². The number of carboxylic acids is 1. The van der Waals surface area contributed by atoms with Crippen molar-refractivity contribution in [2.24, 2.45) is 0 Å². The Morgan fingerprint density at radius 3 is 2.69 bits per heavy atom. The highest BCUT2D eigenvalue weighted by atomic mass is 35.5. The van der Waals surface area contributed by atoms with Crippen molar-refractivity contribution < 1.29 is 24.0 Å². The molecule has 13 heteroatoms. The van der Waals surface area contributed by atoms with Crippen LogP contribution in [0.25, 0.3) is 10.9 Å². The van der Waals surface area contributed by atoms with E-state index in [1.807, 2.05) is 47.1 Å². The predicted octanol–water partition coefficient (Wildman–Crippen LogP) is 5.32. The zero-order valence-electron chi connectivity index (χ0n) is 21.3. The molecular weight excluding hydrogens is 579 g/mol. The van der Waals surface area contributed by atoms with Crippen molar-refractivity contribution in [3.8, 4) is 5.75 Å². The first kappa shape index (κ1) is 29.3. The number of hydrogen-bond acceptors (Lipinski definition) is 7. The van der Waals surface area contributed by atoms with Crippen LogP contribution < -0.4 is 14.8 Å². The summed E-state index contributed by atoms with van der Waals surface area (Å²) in [5.41, 5.74) is 2.81. The second-order valence-electron chi connectivity index (χ2n) is 8.98. The molecule has 3 unspecified atom stereocenters. The number of aliphatic hydroxyl groups excluding tert-OH is 1. The van der Waals surface area contributed by atoms with Gasteiger partial charge in [0.1, 0.15) is 24.2 Å². The normalized spacial score (nSPS) is 13.7.